The first-order valence-corrected chi connectivity index (χ1v) is 13.2. The summed E-state index contributed by atoms with van der Waals surface area (Å²) in [5.41, 5.74) is 7.09. The van der Waals surface area contributed by atoms with Gasteiger partial charge in [0.25, 0.3) is 5.91 Å². The molecule has 4 aromatic rings. The molecule has 1 saturated heterocycles. The Morgan fingerprint density at radius 1 is 0.811 bits per heavy atom. The van der Waals surface area contributed by atoms with Crippen LogP contribution in [0.3, 0.4) is 0 Å². The summed E-state index contributed by atoms with van der Waals surface area (Å²) in [5, 5.41) is 0.869. The number of likely N-dealkylation sites (tertiary alicyclic amines) is 1. The molecule has 2 aliphatic rings. The molecule has 6 rings (SSSR count). The first kappa shape index (κ1) is 23.4. The highest BCUT2D eigenvalue weighted by Crippen LogP contribution is 2.29. The molecule has 2 aliphatic heterocycles. The molecule has 0 aliphatic carbocycles. The van der Waals surface area contributed by atoms with Crippen LogP contribution in [0.4, 0.5) is 0 Å². The molecule has 0 atom stereocenters. The van der Waals surface area contributed by atoms with Gasteiger partial charge in [0.1, 0.15) is 0 Å². The highest BCUT2D eigenvalue weighted by Gasteiger charge is 2.32. The predicted octanol–water partition coefficient (Wildman–Crippen LogP) is 5.65. The standard InChI is InChI=1S/C32H31N3O2/c1-22-10-12-24(13-11-22)30-20-28(27-8-4-5-9-29(27)33-30)32(37)34-17-15-25(16-18-34)31(36)35-19-14-23-6-2-3-7-26(23)21-35/h2-13,20,25H,14-19,21H2,1H3. The minimum absolute atomic E-state index is 0.0183. The molecule has 0 radical (unpaired) electrons. The highest BCUT2D eigenvalue weighted by molar-refractivity contribution is 6.07. The number of aromatic nitrogens is 1. The van der Waals surface area contributed by atoms with E-state index in [1.54, 1.807) is 0 Å². The molecule has 3 heterocycles. The van der Waals surface area contributed by atoms with E-state index in [2.05, 4.69) is 49.4 Å². The molecule has 0 bridgehead atoms. The zero-order chi connectivity index (χ0) is 25.4. The van der Waals surface area contributed by atoms with Gasteiger partial charge in [-0.2, -0.15) is 0 Å². The number of hydrogen-bond donors (Lipinski definition) is 0. The monoisotopic (exact) mass is 489 g/mol. The average Bonchev–Trinajstić information content (AvgIpc) is 2.96. The first-order valence-electron chi connectivity index (χ1n) is 13.2. The van der Waals surface area contributed by atoms with Crippen molar-refractivity contribution in [1.82, 2.24) is 14.8 Å². The fourth-order valence-corrected chi connectivity index (χ4v) is 5.67. The van der Waals surface area contributed by atoms with Gasteiger partial charge in [-0.15, -0.1) is 0 Å². The van der Waals surface area contributed by atoms with Crippen LogP contribution in [0.25, 0.3) is 22.2 Å². The van der Waals surface area contributed by atoms with Crippen LogP contribution < -0.4 is 0 Å². The van der Waals surface area contributed by atoms with Gasteiger partial charge in [0.2, 0.25) is 5.91 Å². The molecule has 5 nitrogen and oxygen atoms in total. The Morgan fingerprint density at radius 3 is 2.30 bits per heavy atom. The molecule has 5 heteroatoms. The fraction of sp³-hybridized carbons (Fsp3) is 0.281. The first-order chi connectivity index (χ1) is 18.1. The van der Waals surface area contributed by atoms with Crippen molar-refractivity contribution in [2.75, 3.05) is 19.6 Å². The molecule has 0 unspecified atom stereocenters. The molecule has 3 aromatic carbocycles. The Kier molecular flexibility index (Phi) is 6.21. The smallest absolute Gasteiger partial charge is 0.254 e. The van der Waals surface area contributed by atoms with Gasteiger partial charge in [-0.05, 0) is 49.4 Å². The fourth-order valence-electron chi connectivity index (χ4n) is 5.67. The Hall–Kier alpha value is -3.99. The zero-order valence-corrected chi connectivity index (χ0v) is 21.2. The van der Waals surface area contributed by atoms with Crippen LogP contribution >= 0.6 is 0 Å². The maximum Gasteiger partial charge on any atom is 0.254 e. The minimum atomic E-state index is -0.0217. The van der Waals surface area contributed by atoms with Gasteiger partial charge in [0.05, 0.1) is 16.8 Å². The van der Waals surface area contributed by atoms with E-state index in [4.69, 9.17) is 4.98 Å². The number of carbonyl (C=O) groups is 2. The van der Waals surface area contributed by atoms with Crippen LogP contribution in [0.5, 0.6) is 0 Å². The molecule has 1 fully saturated rings. The lowest BCUT2D eigenvalue weighted by atomic mass is 9.92. The summed E-state index contributed by atoms with van der Waals surface area (Å²) in [5.74, 6) is 0.231. The van der Waals surface area contributed by atoms with Crippen LogP contribution in [0.1, 0.15) is 39.9 Å². The Labute approximate surface area is 217 Å². The van der Waals surface area contributed by atoms with Crippen LogP contribution in [0.2, 0.25) is 0 Å². The quantitative estimate of drug-likeness (QED) is 0.374. The largest absolute Gasteiger partial charge is 0.339 e. The van der Waals surface area contributed by atoms with E-state index in [0.717, 1.165) is 35.1 Å². The summed E-state index contributed by atoms with van der Waals surface area (Å²) < 4.78 is 0. The Morgan fingerprint density at radius 2 is 1.51 bits per heavy atom. The summed E-state index contributed by atoms with van der Waals surface area (Å²) >= 11 is 0. The number of pyridine rings is 1. The minimum Gasteiger partial charge on any atom is -0.339 e. The van der Waals surface area contributed by atoms with Gasteiger partial charge in [-0.1, -0.05) is 72.3 Å². The van der Waals surface area contributed by atoms with E-state index in [9.17, 15) is 9.59 Å². The van der Waals surface area contributed by atoms with E-state index < -0.39 is 0 Å². The lowest BCUT2D eigenvalue weighted by Gasteiger charge is -2.36. The molecule has 2 amide bonds. The van der Waals surface area contributed by atoms with Crippen LogP contribution in [-0.4, -0.2) is 46.2 Å². The average molecular weight is 490 g/mol. The van der Waals surface area contributed by atoms with E-state index in [1.807, 2.05) is 46.2 Å². The number of aryl methyl sites for hydroxylation is 1. The van der Waals surface area contributed by atoms with E-state index in [1.165, 1.54) is 16.7 Å². The zero-order valence-electron chi connectivity index (χ0n) is 21.2. The van der Waals surface area contributed by atoms with Gasteiger partial charge in [-0.3, -0.25) is 9.59 Å². The van der Waals surface area contributed by atoms with E-state index in [-0.39, 0.29) is 17.7 Å². The number of piperidine rings is 1. The second kappa shape index (κ2) is 9.81. The molecule has 1 aromatic heterocycles. The molecule has 37 heavy (non-hydrogen) atoms. The summed E-state index contributed by atoms with van der Waals surface area (Å²) in [6.07, 6.45) is 2.32. The Bertz CT molecular complexity index is 1470. The van der Waals surface area contributed by atoms with Gasteiger partial charge in [0.15, 0.2) is 0 Å². The number of hydrogen-bond acceptors (Lipinski definition) is 3. The van der Waals surface area contributed by atoms with Crippen molar-refractivity contribution in [3.05, 3.63) is 101 Å². The molecule has 0 saturated carbocycles. The van der Waals surface area contributed by atoms with Crippen LogP contribution in [0.15, 0.2) is 78.9 Å². The van der Waals surface area contributed by atoms with Gasteiger partial charge < -0.3 is 9.80 Å². The van der Waals surface area contributed by atoms with Crippen molar-refractivity contribution < 1.29 is 9.59 Å². The summed E-state index contributed by atoms with van der Waals surface area (Å²) in [6, 6.07) is 26.4. The number of fused-ring (bicyclic) bond motifs is 2. The number of amides is 2. The second-order valence-corrected chi connectivity index (χ2v) is 10.3. The number of para-hydroxylation sites is 1. The van der Waals surface area contributed by atoms with Crippen molar-refractivity contribution >= 4 is 22.7 Å². The number of rotatable bonds is 3. The maximum absolute atomic E-state index is 13.8. The van der Waals surface area contributed by atoms with Crippen LogP contribution in [0, 0.1) is 12.8 Å². The van der Waals surface area contributed by atoms with E-state index in [0.29, 0.717) is 38.0 Å². The summed E-state index contributed by atoms with van der Waals surface area (Å²) in [4.78, 5) is 35.9. The SMILES string of the molecule is Cc1ccc(-c2cc(C(=O)N3CCC(C(=O)N4CCc5ccccc5C4)CC3)c3ccccc3n2)cc1. The normalized spacial score (nSPS) is 16.0. The number of benzene rings is 3. The van der Waals surface area contributed by atoms with Gasteiger partial charge in [0, 0.05) is 43.0 Å². The van der Waals surface area contributed by atoms with Gasteiger partial charge in [-0.25, -0.2) is 4.98 Å². The third-order valence-corrected chi connectivity index (χ3v) is 7.87. The summed E-state index contributed by atoms with van der Waals surface area (Å²) in [7, 11) is 0. The summed E-state index contributed by atoms with van der Waals surface area (Å²) in [6.45, 7) is 4.72. The van der Waals surface area contributed by atoms with Crippen molar-refractivity contribution in [2.45, 2.75) is 32.7 Å². The van der Waals surface area contributed by atoms with Crippen LogP contribution in [-0.2, 0) is 17.8 Å². The van der Waals surface area contributed by atoms with E-state index >= 15 is 0 Å². The second-order valence-electron chi connectivity index (χ2n) is 10.3. The molecule has 0 N–H and O–H groups in total. The lowest BCUT2D eigenvalue weighted by molar-refractivity contribution is -0.137. The van der Waals surface area contributed by atoms with Crippen molar-refractivity contribution in [1.29, 1.82) is 0 Å². The van der Waals surface area contributed by atoms with Crippen molar-refractivity contribution in [2.24, 2.45) is 5.92 Å². The third-order valence-electron chi connectivity index (χ3n) is 7.87. The predicted molar refractivity (Wildman–Crippen MR) is 146 cm³/mol. The molecule has 0 spiro atoms. The lowest BCUT2D eigenvalue weighted by Crippen LogP contribution is -2.45. The number of nitrogens with zero attached hydrogens (tertiary/aromatic N) is 3. The number of carbonyl (C=O) groups excluding carboxylic acids is 2. The molecular weight excluding hydrogens is 458 g/mol. The third kappa shape index (κ3) is 4.62. The van der Waals surface area contributed by atoms with Gasteiger partial charge >= 0.3 is 0 Å². The highest BCUT2D eigenvalue weighted by atomic mass is 16.2. The Balaban J connectivity index is 1.19. The molecule has 186 valence electrons. The topological polar surface area (TPSA) is 53.5 Å². The maximum atomic E-state index is 13.8. The molecular formula is C32H31N3O2. The van der Waals surface area contributed by atoms with Crippen molar-refractivity contribution in [3.63, 3.8) is 0 Å². The van der Waals surface area contributed by atoms with Crippen molar-refractivity contribution in [3.8, 4) is 11.3 Å².